The normalized spacial score (nSPS) is 14.0. The Morgan fingerprint density at radius 2 is 1.75 bits per heavy atom. The number of aromatic nitrogens is 1. The minimum atomic E-state index is -1.06. The van der Waals surface area contributed by atoms with E-state index in [0.29, 0.717) is 5.56 Å². The predicted molar refractivity (Wildman–Crippen MR) is 93.2 cm³/mol. The Kier molecular flexibility index (Phi) is 5.12. The molecule has 0 aliphatic carbocycles. The first-order valence-corrected chi connectivity index (χ1v) is 7.97. The number of aliphatic carboxylic acids is 1. The zero-order chi connectivity index (χ0) is 17.9. The van der Waals surface area contributed by atoms with Gasteiger partial charge >= 0.3 is 5.97 Å². The molecule has 24 heavy (non-hydrogen) atoms. The molecule has 5 nitrogen and oxygen atoms in total. The number of carbonyl (C=O) groups is 2. The van der Waals surface area contributed by atoms with E-state index in [-0.39, 0.29) is 17.2 Å². The number of hydrogen-bond donors (Lipinski definition) is 3. The topological polar surface area (TPSA) is 82.2 Å². The van der Waals surface area contributed by atoms with Crippen LogP contribution in [0.4, 0.5) is 0 Å². The highest BCUT2D eigenvalue weighted by Gasteiger charge is 2.28. The highest BCUT2D eigenvalue weighted by atomic mass is 16.4. The minimum Gasteiger partial charge on any atom is -0.480 e. The van der Waals surface area contributed by atoms with Crippen LogP contribution < -0.4 is 5.32 Å². The van der Waals surface area contributed by atoms with Gasteiger partial charge in [0.25, 0.3) is 5.91 Å². The van der Waals surface area contributed by atoms with Crippen LogP contribution in [0.5, 0.6) is 0 Å². The molecule has 1 amide bonds. The average Bonchev–Trinajstić information content (AvgIpc) is 3.05. The Morgan fingerprint density at radius 1 is 1.12 bits per heavy atom. The molecule has 2 atom stereocenters. The Morgan fingerprint density at radius 3 is 2.21 bits per heavy atom. The molecule has 1 heterocycles. The second-order valence-corrected chi connectivity index (χ2v) is 7.03. The number of aromatic amines is 1. The zero-order valence-electron chi connectivity index (χ0n) is 14.5. The summed E-state index contributed by atoms with van der Waals surface area (Å²) in [5, 5.41) is 12.1. The van der Waals surface area contributed by atoms with Gasteiger partial charge in [0.2, 0.25) is 0 Å². The molecule has 3 N–H and O–H groups in total. The van der Waals surface area contributed by atoms with Gasteiger partial charge in [0, 0.05) is 23.4 Å². The van der Waals surface area contributed by atoms with E-state index in [4.69, 9.17) is 0 Å². The molecule has 1 aromatic heterocycles. The predicted octanol–water partition coefficient (Wildman–Crippen LogP) is 3.30. The number of nitrogens with one attached hydrogen (secondary N) is 2. The van der Waals surface area contributed by atoms with Crippen molar-refractivity contribution in [2.24, 2.45) is 0 Å². The van der Waals surface area contributed by atoms with Crippen molar-refractivity contribution in [1.82, 2.24) is 10.3 Å². The second kappa shape index (κ2) is 6.91. The first-order chi connectivity index (χ1) is 11.2. The van der Waals surface area contributed by atoms with Crippen molar-refractivity contribution in [2.75, 3.05) is 0 Å². The van der Waals surface area contributed by atoms with Gasteiger partial charge in [0.05, 0.1) is 0 Å². The smallest absolute Gasteiger partial charge is 0.326 e. The number of benzene rings is 1. The quantitative estimate of drug-likeness (QED) is 0.787. The van der Waals surface area contributed by atoms with E-state index >= 15 is 0 Å². The van der Waals surface area contributed by atoms with Crippen molar-refractivity contribution >= 4 is 11.9 Å². The van der Waals surface area contributed by atoms with Crippen molar-refractivity contribution in [3.05, 3.63) is 59.4 Å². The highest BCUT2D eigenvalue weighted by molar-refractivity contribution is 5.96. The molecule has 1 aromatic carbocycles. The lowest BCUT2D eigenvalue weighted by atomic mass is 9.86. The van der Waals surface area contributed by atoms with Gasteiger partial charge in [0.15, 0.2) is 0 Å². The summed E-state index contributed by atoms with van der Waals surface area (Å²) in [5.74, 6) is -1.81. The Hall–Kier alpha value is -2.56. The summed E-state index contributed by atoms with van der Waals surface area (Å²) in [5.41, 5.74) is 2.34. The van der Waals surface area contributed by atoms with Crippen LogP contribution in [0, 0.1) is 0 Å². The fraction of sp³-hybridized carbons (Fsp3) is 0.368. The van der Waals surface area contributed by atoms with Crippen LogP contribution in [0.3, 0.4) is 0 Å². The third-order valence-corrected chi connectivity index (χ3v) is 4.18. The Labute approximate surface area is 142 Å². The number of H-pyrrole nitrogens is 1. The van der Waals surface area contributed by atoms with Gasteiger partial charge in [-0.1, -0.05) is 39.8 Å². The molecule has 128 valence electrons. The maximum atomic E-state index is 12.4. The lowest BCUT2D eigenvalue weighted by Gasteiger charge is -2.21. The van der Waals surface area contributed by atoms with Crippen LogP contribution in [0.25, 0.3) is 0 Å². The highest BCUT2D eigenvalue weighted by Crippen LogP contribution is 2.22. The number of carboxylic acids is 1. The Balaban J connectivity index is 2.15. The van der Waals surface area contributed by atoms with Crippen molar-refractivity contribution in [1.29, 1.82) is 0 Å². The summed E-state index contributed by atoms with van der Waals surface area (Å²) < 4.78 is 0. The van der Waals surface area contributed by atoms with Crippen molar-refractivity contribution in [3.8, 4) is 0 Å². The minimum absolute atomic E-state index is 0.000732. The molecule has 0 saturated heterocycles. The molecule has 0 spiro atoms. The van der Waals surface area contributed by atoms with E-state index in [2.05, 4.69) is 31.1 Å². The van der Waals surface area contributed by atoms with E-state index in [0.717, 1.165) is 11.3 Å². The number of hydrogen-bond acceptors (Lipinski definition) is 2. The van der Waals surface area contributed by atoms with E-state index in [1.54, 1.807) is 31.3 Å². The molecule has 2 unspecified atom stereocenters. The van der Waals surface area contributed by atoms with E-state index in [1.165, 1.54) is 0 Å². The first-order valence-electron chi connectivity index (χ1n) is 7.97. The fourth-order valence-corrected chi connectivity index (χ4v) is 2.55. The first kappa shape index (κ1) is 17.8. The van der Waals surface area contributed by atoms with Crippen molar-refractivity contribution < 1.29 is 14.7 Å². The number of rotatable bonds is 5. The molecule has 5 heteroatoms. The molecule has 0 saturated carbocycles. The summed E-state index contributed by atoms with van der Waals surface area (Å²) in [6.07, 6.45) is 1.73. The van der Waals surface area contributed by atoms with Crippen LogP contribution >= 0.6 is 0 Å². The summed E-state index contributed by atoms with van der Waals surface area (Å²) >= 11 is 0. The van der Waals surface area contributed by atoms with E-state index in [9.17, 15) is 14.7 Å². The summed E-state index contributed by atoms with van der Waals surface area (Å²) in [6.45, 7) is 8.06. The average molecular weight is 328 g/mol. The molecule has 2 aromatic rings. The van der Waals surface area contributed by atoms with Gasteiger partial charge in [-0.05, 0) is 35.2 Å². The van der Waals surface area contributed by atoms with Crippen LogP contribution in [0.1, 0.15) is 55.2 Å². The van der Waals surface area contributed by atoms with Crippen LogP contribution in [0.15, 0.2) is 42.6 Å². The largest absolute Gasteiger partial charge is 0.480 e. The van der Waals surface area contributed by atoms with Crippen molar-refractivity contribution in [2.45, 2.75) is 45.1 Å². The van der Waals surface area contributed by atoms with E-state index < -0.39 is 12.0 Å². The van der Waals surface area contributed by atoms with Gasteiger partial charge < -0.3 is 15.4 Å². The number of carboxylic acid groups (broad SMARTS) is 1. The molecular formula is C19H24N2O3. The van der Waals surface area contributed by atoms with Gasteiger partial charge in [-0.2, -0.15) is 0 Å². The van der Waals surface area contributed by atoms with Crippen LogP contribution in [-0.2, 0) is 10.2 Å². The maximum absolute atomic E-state index is 12.4. The molecule has 0 radical (unpaired) electrons. The molecule has 0 bridgehead atoms. The molecule has 0 aliphatic rings. The lowest BCUT2D eigenvalue weighted by Crippen LogP contribution is -2.44. The SMILES string of the molecule is CC(c1ccc[nH]1)C(NC(=O)c1ccc(C(C)(C)C)cc1)C(=O)O. The third-order valence-electron chi connectivity index (χ3n) is 4.18. The number of amides is 1. The van der Waals surface area contributed by atoms with Gasteiger partial charge in [-0.25, -0.2) is 4.79 Å². The third kappa shape index (κ3) is 4.04. The summed E-state index contributed by atoms with van der Waals surface area (Å²) in [6, 6.07) is 9.88. The lowest BCUT2D eigenvalue weighted by molar-refractivity contribution is -0.139. The van der Waals surface area contributed by atoms with Crippen LogP contribution in [-0.4, -0.2) is 28.0 Å². The van der Waals surface area contributed by atoms with Gasteiger partial charge in [-0.3, -0.25) is 4.79 Å². The number of carbonyl (C=O) groups excluding carboxylic acids is 1. The van der Waals surface area contributed by atoms with Gasteiger partial charge in [-0.15, -0.1) is 0 Å². The van der Waals surface area contributed by atoms with Crippen LogP contribution in [0.2, 0.25) is 0 Å². The monoisotopic (exact) mass is 328 g/mol. The van der Waals surface area contributed by atoms with Gasteiger partial charge in [0.1, 0.15) is 6.04 Å². The molecule has 0 fully saturated rings. The molecule has 2 rings (SSSR count). The van der Waals surface area contributed by atoms with Crippen molar-refractivity contribution in [3.63, 3.8) is 0 Å². The zero-order valence-corrected chi connectivity index (χ0v) is 14.5. The molecular weight excluding hydrogens is 304 g/mol. The Bertz CT molecular complexity index is 697. The standard InChI is InChI=1S/C19H24N2O3/c1-12(15-6-5-11-20-15)16(18(23)24)21-17(22)13-7-9-14(10-8-13)19(2,3)4/h5-12,16,20H,1-4H3,(H,21,22)(H,23,24). The second-order valence-electron chi connectivity index (χ2n) is 7.03. The maximum Gasteiger partial charge on any atom is 0.326 e. The summed E-state index contributed by atoms with van der Waals surface area (Å²) in [7, 11) is 0. The summed E-state index contributed by atoms with van der Waals surface area (Å²) in [4.78, 5) is 27.0. The van der Waals surface area contributed by atoms with E-state index in [1.807, 2.05) is 18.2 Å². The molecule has 0 aliphatic heterocycles. The fourth-order valence-electron chi connectivity index (χ4n) is 2.55.